The molecule has 0 aromatic heterocycles. The molecule has 1 heterocycles. The third-order valence-electron chi connectivity index (χ3n) is 2.95. The zero-order valence-electron chi connectivity index (χ0n) is 9.11. The Bertz CT molecular complexity index is 242. The van der Waals surface area contributed by atoms with Gasteiger partial charge >= 0.3 is 6.03 Å². The summed E-state index contributed by atoms with van der Waals surface area (Å²) in [5.74, 6) is 0. The van der Waals surface area contributed by atoms with Crippen molar-refractivity contribution in [2.75, 3.05) is 32.7 Å². The summed E-state index contributed by atoms with van der Waals surface area (Å²) in [6.45, 7) is 8.25. The zero-order valence-corrected chi connectivity index (χ0v) is 9.11. The molecule has 0 unspecified atom stereocenters. The van der Waals surface area contributed by atoms with E-state index in [1.54, 1.807) is 0 Å². The van der Waals surface area contributed by atoms with E-state index >= 15 is 0 Å². The first-order valence-corrected chi connectivity index (χ1v) is 5.68. The second kappa shape index (κ2) is 4.66. The highest BCUT2D eigenvalue weighted by Crippen LogP contribution is 2.19. The van der Waals surface area contributed by atoms with Crippen molar-refractivity contribution in [2.24, 2.45) is 0 Å². The first kappa shape index (κ1) is 10.5. The van der Waals surface area contributed by atoms with Gasteiger partial charge in [0, 0.05) is 38.8 Å². The van der Waals surface area contributed by atoms with E-state index in [4.69, 9.17) is 0 Å². The van der Waals surface area contributed by atoms with Crippen molar-refractivity contribution in [2.45, 2.75) is 18.9 Å². The molecule has 2 fully saturated rings. The maximum atomic E-state index is 11.7. The molecule has 4 nitrogen and oxygen atoms in total. The number of carbonyl (C=O) groups excluding carboxylic acids is 1. The fraction of sp³-hybridized carbons (Fsp3) is 0.727. The normalized spacial score (nSPS) is 22.5. The maximum absolute atomic E-state index is 11.7. The quantitative estimate of drug-likeness (QED) is 0.693. The van der Waals surface area contributed by atoms with Crippen LogP contribution in [-0.4, -0.2) is 54.6 Å². The van der Waals surface area contributed by atoms with E-state index in [1.165, 1.54) is 0 Å². The van der Waals surface area contributed by atoms with Crippen LogP contribution >= 0.6 is 0 Å². The van der Waals surface area contributed by atoms with E-state index in [-0.39, 0.29) is 6.03 Å². The molecule has 1 aliphatic carbocycles. The first-order chi connectivity index (χ1) is 7.29. The van der Waals surface area contributed by atoms with Crippen molar-refractivity contribution in [1.82, 2.24) is 15.1 Å². The number of carbonyl (C=O) groups is 1. The van der Waals surface area contributed by atoms with Crippen molar-refractivity contribution in [3.63, 3.8) is 0 Å². The highest BCUT2D eigenvalue weighted by Gasteiger charge is 2.27. The molecule has 2 rings (SSSR count). The molecule has 0 radical (unpaired) electrons. The van der Waals surface area contributed by atoms with E-state index < -0.39 is 0 Å². The molecule has 2 aliphatic rings. The van der Waals surface area contributed by atoms with Crippen LogP contribution in [0.1, 0.15) is 12.8 Å². The van der Waals surface area contributed by atoms with E-state index in [9.17, 15) is 4.79 Å². The molecule has 0 aromatic carbocycles. The zero-order chi connectivity index (χ0) is 10.7. The minimum Gasteiger partial charge on any atom is -0.335 e. The van der Waals surface area contributed by atoms with Crippen LogP contribution in [-0.2, 0) is 0 Å². The van der Waals surface area contributed by atoms with Gasteiger partial charge in [-0.2, -0.15) is 0 Å². The van der Waals surface area contributed by atoms with Gasteiger partial charge in [0.2, 0.25) is 0 Å². The highest BCUT2D eigenvalue weighted by atomic mass is 16.2. The first-order valence-electron chi connectivity index (χ1n) is 5.68. The number of amides is 2. The Hall–Kier alpha value is -1.03. The third-order valence-corrected chi connectivity index (χ3v) is 2.95. The van der Waals surface area contributed by atoms with Gasteiger partial charge in [-0.05, 0) is 12.8 Å². The van der Waals surface area contributed by atoms with E-state index in [1.807, 2.05) is 11.0 Å². The second-order valence-electron chi connectivity index (χ2n) is 4.30. The minimum atomic E-state index is 0.121. The molecular weight excluding hydrogens is 190 g/mol. The Morgan fingerprint density at radius 3 is 2.53 bits per heavy atom. The van der Waals surface area contributed by atoms with Gasteiger partial charge in [0.05, 0.1) is 0 Å². The van der Waals surface area contributed by atoms with Gasteiger partial charge in [-0.25, -0.2) is 4.79 Å². The Kier molecular flexibility index (Phi) is 3.26. The summed E-state index contributed by atoms with van der Waals surface area (Å²) < 4.78 is 0. The molecule has 15 heavy (non-hydrogen) atoms. The number of nitrogens with one attached hydrogen (secondary N) is 1. The molecule has 1 saturated carbocycles. The number of rotatable bonds is 3. The van der Waals surface area contributed by atoms with Crippen molar-refractivity contribution < 1.29 is 4.79 Å². The lowest BCUT2D eigenvalue weighted by Gasteiger charge is -2.34. The molecular formula is C11H19N3O. The Labute approximate surface area is 90.9 Å². The Morgan fingerprint density at radius 1 is 1.33 bits per heavy atom. The molecule has 0 bridgehead atoms. The summed E-state index contributed by atoms with van der Waals surface area (Å²) in [6, 6.07) is 0.583. The van der Waals surface area contributed by atoms with Crippen LogP contribution in [0.15, 0.2) is 12.7 Å². The number of piperazine rings is 1. The molecule has 84 valence electrons. The molecule has 1 aliphatic heterocycles. The lowest BCUT2D eigenvalue weighted by atomic mass is 10.3. The van der Waals surface area contributed by atoms with Crippen LogP contribution in [0, 0.1) is 0 Å². The van der Waals surface area contributed by atoms with Crippen molar-refractivity contribution in [3.05, 3.63) is 12.7 Å². The number of hydrogen-bond acceptors (Lipinski definition) is 2. The van der Waals surface area contributed by atoms with Crippen LogP contribution in [0.2, 0.25) is 0 Å². The van der Waals surface area contributed by atoms with Crippen LogP contribution < -0.4 is 5.32 Å². The summed E-state index contributed by atoms with van der Waals surface area (Å²) in [6.07, 6.45) is 4.23. The summed E-state index contributed by atoms with van der Waals surface area (Å²) >= 11 is 0. The SMILES string of the molecule is C=CCN1CCN(C(=O)NC2CC2)CC1. The topological polar surface area (TPSA) is 35.6 Å². The lowest BCUT2D eigenvalue weighted by Crippen LogP contribution is -2.52. The molecule has 1 saturated heterocycles. The average Bonchev–Trinajstić information content (AvgIpc) is 3.03. The van der Waals surface area contributed by atoms with Crippen LogP contribution in [0.3, 0.4) is 0 Å². The summed E-state index contributed by atoms with van der Waals surface area (Å²) in [5, 5.41) is 3.02. The molecule has 0 spiro atoms. The number of hydrogen-bond donors (Lipinski definition) is 1. The fourth-order valence-corrected chi connectivity index (χ4v) is 1.81. The van der Waals surface area contributed by atoms with Gasteiger partial charge in [0.1, 0.15) is 0 Å². The Balaban J connectivity index is 1.71. The number of nitrogens with zero attached hydrogens (tertiary/aromatic N) is 2. The predicted octanol–water partition coefficient (Wildman–Crippen LogP) is 0.662. The predicted molar refractivity (Wildman–Crippen MR) is 59.8 cm³/mol. The molecule has 2 amide bonds. The molecule has 4 heteroatoms. The molecule has 1 N–H and O–H groups in total. The van der Waals surface area contributed by atoms with Gasteiger partial charge in [0.25, 0.3) is 0 Å². The largest absolute Gasteiger partial charge is 0.335 e. The third kappa shape index (κ3) is 2.96. The minimum absolute atomic E-state index is 0.121. The van der Waals surface area contributed by atoms with Crippen LogP contribution in [0.4, 0.5) is 4.79 Å². The Morgan fingerprint density at radius 2 is 2.00 bits per heavy atom. The van der Waals surface area contributed by atoms with Gasteiger partial charge in [-0.15, -0.1) is 6.58 Å². The van der Waals surface area contributed by atoms with Gasteiger partial charge in [-0.3, -0.25) is 4.90 Å². The smallest absolute Gasteiger partial charge is 0.317 e. The van der Waals surface area contributed by atoms with E-state index in [0.717, 1.165) is 45.6 Å². The summed E-state index contributed by atoms with van der Waals surface area (Å²) in [5.41, 5.74) is 0. The van der Waals surface area contributed by atoms with Gasteiger partial charge in [-0.1, -0.05) is 6.08 Å². The van der Waals surface area contributed by atoms with Gasteiger partial charge < -0.3 is 10.2 Å². The van der Waals surface area contributed by atoms with Crippen molar-refractivity contribution in [1.29, 1.82) is 0 Å². The van der Waals surface area contributed by atoms with Crippen LogP contribution in [0.5, 0.6) is 0 Å². The van der Waals surface area contributed by atoms with Crippen LogP contribution in [0.25, 0.3) is 0 Å². The standard InChI is InChI=1S/C11H19N3O/c1-2-5-13-6-8-14(9-7-13)11(15)12-10-3-4-10/h2,10H,1,3-9H2,(H,12,15). The molecule has 0 aromatic rings. The van der Waals surface area contributed by atoms with E-state index in [0.29, 0.717) is 6.04 Å². The second-order valence-corrected chi connectivity index (χ2v) is 4.30. The summed E-state index contributed by atoms with van der Waals surface area (Å²) in [7, 11) is 0. The van der Waals surface area contributed by atoms with Gasteiger partial charge in [0.15, 0.2) is 0 Å². The average molecular weight is 209 g/mol. The monoisotopic (exact) mass is 209 g/mol. The maximum Gasteiger partial charge on any atom is 0.317 e. The highest BCUT2D eigenvalue weighted by molar-refractivity contribution is 5.75. The van der Waals surface area contributed by atoms with Crippen molar-refractivity contribution >= 4 is 6.03 Å². The molecule has 0 atom stereocenters. The van der Waals surface area contributed by atoms with Crippen molar-refractivity contribution in [3.8, 4) is 0 Å². The summed E-state index contributed by atoms with van der Waals surface area (Å²) in [4.78, 5) is 15.9. The van der Waals surface area contributed by atoms with E-state index in [2.05, 4.69) is 16.8 Å². The number of urea groups is 1. The fourth-order valence-electron chi connectivity index (χ4n) is 1.81. The lowest BCUT2D eigenvalue weighted by molar-refractivity contribution is 0.146.